The second kappa shape index (κ2) is 10.8. The standard InChI is InChI=1S/C27H29NO6S2/c1-5-33-26(29)14-8-20-17-28(24-12-11-22(32-4)16-23(20)24)36(30,31)27-15-13-25(35-27)19-6-9-21(10-7-19)34-18(2)3/h6-7,9-13,15-18H,5,8,14H2,1-4H3. The number of carbonyl (C=O) groups is 1. The second-order valence-electron chi connectivity index (χ2n) is 8.45. The number of carbonyl (C=O) groups excluding carboxylic acids is 1. The molecule has 9 heteroatoms. The van der Waals surface area contributed by atoms with Gasteiger partial charge in [-0.3, -0.25) is 4.79 Å². The van der Waals surface area contributed by atoms with Crippen molar-refractivity contribution in [3.8, 4) is 21.9 Å². The number of aryl methyl sites for hydroxylation is 1. The van der Waals surface area contributed by atoms with Gasteiger partial charge in [0.15, 0.2) is 0 Å². The Balaban J connectivity index is 1.68. The van der Waals surface area contributed by atoms with Crippen molar-refractivity contribution in [1.29, 1.82) is 0 Å². The summed E-state index contributed by atoms with van der Waals surface area (Å²) in [4.78, 5) is 12.8. The third-order valence-electron chi connectivity index (χ3n) is 5.57. The van der Waals surface area contributed by atoms with Gasteiger partial charge in [-0.1, -0.05) is 0 Å². The molecule has 0 N–H and O–H groups in total. The van der Waals surface area contributed by atoms with Crippen molar-refractivity contribution in [3.05, 3.63) is 66.4 Å². The van der Waals surface area contributed by atoms with Gasteiger partial charge in [0, 0.05) is 22.9 Å². The lowest BCUT2D eigenvalue weighted by Gasteiger charge is -2.09. The van der Waals surface area contributed by atoms with E-state index in [4.69, 9.17) is 14.2 Å². The van der Waals surface area contributed by atoms with E-state index in [2.05, 4.69) is 0 Å². The number of esters is 1. The van der Waals surface area contributed by atoms with Gasteiger partial charge in [-0.2, -0.15) is 8.42 Å². The third-order valence-corrected chi connectivity index (χ3v) is 8.84. The maximum Gasteiger partial charge on any atom is 0.306 e. The fourth-order valence-electron chi connectivity index (χ4n) is 3.92. The molecule has 0 spiro atoms. The van der Waals surface area contributed by atoms with E-state index in [-0.39, 0.29) is 22.7 Å². The number of hydrogen-bond acceptors (Lipinski definition) is 7. The molecule has 0 atom stereocenters. The van der Waals surface area contributed by atoms with E-state index in [1.807, 2.05) is 44.2 Å². The molecular weight excluding hydrogens is 498 g/mol. The fourth-order valence-corrected chi connectivity index (χ4v) is 6.71. The quantitative estimate of drug-likeness (QED) is 0.239. The van der Waals surface area contributed by atoms with E-state index < -0.39 is 10.0 Å². The highest BCUT2D eigenvalue weighted by molar-refractivity contribution is 7.92. The van der Waals surface area contributed by atoms with Crippen LogP contribution in [0, 0.1) is 0 Å². The topological polar surface area (TPSA) is 83.8 Å². The van der Waals surface area contributed by atoms with Gasteiger partial charge >= 0.3 is 5.97 Å². The van der Waals surface area contributed by atoms with Crippen LogP contribution in [0.2, 0.25) is 0 Å². The summed E-state index contributed by atoms with van der Waals surface area (Å²) in [5.74, 6) is 1.05. The van der Waals surface area contributed by atoms with Gasteiger partial charge in [0.25, 0.3) is 10.0 Å². The number of benzene rings is 2. The van der Waals surface area contributed by atoms with E-state index in [0.29, 0.717) is 24.3 Å². The normalized spacial score (nSPS) is 11.7. The molecular formula is C27H29NO6S2. The Morgan fingerprint density at radius 1 is 1.03 bits per heavy atom. The minimum atomic E-state index is -3.87. The number of rotatable bonds is 10. The van der Waals surface area contributed by atoms with E-state index in [1.54, 1.807) is 44.5 Å². The highest BCUT2D eigenvalue weighted by atomic mass is 32.2. The van der Waals surface area contributed by atoms with Crippen LogP contribution in [-0.2, 0) is 26.0 Å². The van der Waals surface area contributed by atoms with Gasteiger partial charge in [0.1, 0.15) is 15.7 Å². The number of nitrogens with zero attached hydrogens (tertiary/aromatic N) is 1. The van der Waals surface area contributed by atoms with Crippen LogP contribution in [0.4, 0.5) is 0 Å². The molecule has 0 aliphatic rings. The molecule has 0 bridgehead atoms. The molecule has 2 aromatic carbocycles. The van der Waals surface area contributed by atoms with Crippen LogP contribution in [0.15, 0.2) is 65.0 Å². The summed E-state index contributed by atoms with van der Waals surface area (Å²) in [6, 6.07) is 16.3. The van der Waals surface area contributed by atoms with Crippen LogP contribution in [0.5, 0.6) is 11.5 Å². The van der Waals surface area contributed by atoms with Crippen LogP contribution in [0.1, 0.15) is 32.8 Å². The maximum atomic E-state index is 13.7. The predicted molar refractivity (Wildman–Crippen MR) is 142 cm³/mol. The fraction of sp³-hybridized carbons (Fsp3) is 0.296. The van der Waals surface area contributed by atoms with Gasteiger partial charge < -0.3 is 14.2 Å². The molecule has 0 unspecified atom stereocenters. The summed E-state index contributed by atoms with van der Waals surface area (Å²) in [7, 11) is -2.31. The second-order valence-corrected chi connectivity index (χ2v) is 11.6. The Bertz CT molecular complexity index is 1470. The molecule has 2 heterocycles. The Morgan fingerprint density at radius 3 is 2.42 bits per heavy atom. The molecule has 0 radical (unpaired) electrons. The van der Waals surface area contributed by atoms with Gasteiger partial charge in [-0.15, -0.1) is 11.3 Å². The maximum absolute atomic E-state index is 13.7. The van der Waals surface area contributed by atoms with Crippen molar-refractivity contribution < 1.29 is 27.4 Å². The van der Waals surface area contributed by atoms with Crippen molar-refractivity contribution in [2.75, 3.05) is 13.7 Å². The predicted octanol–water partition coefficient (Wildman–Crippen LogP) is 5.90. The van der Waals surface area contributed by atoms with Crippen molar-refractivity contribution in [1.82, 2.24) is 3.97 Å². The Morgan fingerprint density at radius 2 is 1.75 bits per heavy atom. The first-order chi connectivity index (χ1) is 17.2. The Labute approximate surface area is 215 Å². The van der Waals surface area contributed by atoms with E-state index in [1.165, 1.54) is 15.3 Å². The number of fused-ring (bicyclic) bond motifs is 1. The Hall–Kier alpha value is -3.30. The summed E-state index contributed by atoms with van der Waals surface area (Å²) in [6.45, 7) is 5.99. The van der Waals surface area contributed by atoms with Crippen molar-refractivity contribution in [3.63, 3.8) is 0 Å². The number of thiophene rings is 1. The SMILES string of the molecule is CCOC(=O)CCc1cn(S(=O)(=O)c2ccc(-c3ccc(OC(C)C)cc3)s2)c2ccc(OC)cc12. The van der Waals surface area contributed by atoms with Gasteiger partial charge in [-0.25, -0.2) is 3.97 Å². The third kappa shape index (κ3) is 5.42. The Kier molecular flexibility index (Phi) is 7.70. The number of ether oxygens (including phenoxy) is 3. The number of hydrogen-bond donors (Lipinski definition) is 0. The molecule has 0 saturated heterocycles. The van der Waals surface area contributed by atoms with E-state index >= 15 is 0 Å². The molecule has 0 fully saturated rings. The first-order valence-corrected chi connectivity index (χ1v) is 13.9. The molecule has 4 aromatic rings. The monoisotopic (exact) mass is 527 g/mol. The van der Waals surface area contributed by atoms with Crippen LogP contribution in [0.3, 0.4) is 0 Å². The average Bonchev–Trinajstić information content (AvgIpc) is 3.49. The zero-order valence-electron chi connectivity index (χ0n) is 20.7. The van der Waals surface area contributed by atoms with Crippen molar-refractivity contribution in [2.24, 2.45) is 0 Å². The largest absolute Gasteiger partial charge is 0.497 e. The number of aromatic nitrogens is 1. The molecule has 0 aliphatic carbocycles. The lowest BCUT2D eigenvalue weighted by molar-refractivity contribution is -0.143. The molecule has 0 aliphatic heterocycles. The zero-order valence-corrected chi connectivity index (χ0v) is 22.3. The van der Waals surface area contributed by atoms with Crippen molar-refractivity contribution >= 4 is 38.2 Å². The van der Waals surface area contributed by atoms with Crippen LogP contribution in [-0.4, -0.2) is 38.2 Å². The van der Waals surface area contributed by atoms with Crippen LogP contribution >= 0.6 is 11.3 Å². The first-order valence-electron chi connectivity index (χ1n) is 11.7. The van der Waals surface area contributed by atoms with Crippen LogP contribution < -0.4 is 9.47 Å². The highest BCUT2D eigenvalue weighted by Gasteiger charge is 2.24. The lowest BCUT2D eigenvalue weighted by Crippen LogP contribution is -2.10. The average molecular weight is 528 g/mol. The molecule has 190 valence electrons. The molecule has 0 saturated carbocycles. The number of methoxy groups -OCH3 is 1. The highest BCUT2D eigenvalue weighted by Crippen LogP contribution is 2.35. The lowest BCUT2D eigenvalue weighted by atomic mass is 10.1. The first kappa shape index (κ1) is 25.8. The minimum Gasteiger partial charge on any atom is -0.497 e. The molecule has 36 heavy (non-hydrogen) atoms. The van der Waals surface area contributed by atoms with Gasteiger partial charge in [-0.05, 0) is 92.9 Å². The smallest absolute Gasteiger partial charge is 0.306 e. The summed E-state index contributed by atoms with van der Waals surface area (Å²) >= 11 is 1.21. The summed E-state index contributed by atoms with van der Waals surface area (Å²) in [6.07, 6.45) is 2.18. The molecule has 0 amide bonds. The molecule has 7 nitrogen and oxygen atoms in total. The summed E-state index contributed by atoms with van der Waals surface area (Å²) in [5, 5.41) is 0.722. The summed E-state index contributed by atoms with van der Waals surface area (Å²) in [5.41, 5.74) is 2.17. The van der Waals surface area contributed by atoms with Gasteiger partial charge in [0.2, 0.25) is 0 Å². The molecule has 2 aromatic heterocycles. The molecule has 4 rings (SSSR count). The minimum absolute atomic E-state index is 0.0767. The van der Waals surface area contributed by atoms with Gasteiger partial charge in [0.05, 0.1) is 25.3 Å². The van der Waals surface area contributed by atoms with Crippen molar-refractivity contribution in [2.45, 2.75) is 43.9 Å². The van der Waals surface area contributed by atoms with E-state index in [0.717, 1.165) is 27.1 Å². The zero-order chi connectivity index (χ0) is 25.9. The van der Waals surface area contributed by atoms with E-state index in [9.17, 15) is 13.2 Å². The summed E-state index contributed by atoms with van der Waals surface area (Å²) < 4.78 is 45.0. The van der Waals surface area contributed by atoms with Crippen LogP contribution in [0.25, 0.3) is 21.3 Å².